The lowest BCUT2D eigenvalue weighted by Crippen LogP contribution is -2.49. The van der Waals surface area contributed by atoms with Crippen LogP contribution in [-0.2, 0) is 30.2 Å². The fourth-order valence-corrected chi connectivity index (χ4v) is 6.71. The van der Waals surface area contributed by atoms with Crippen molar-refractivity contribution in [3.8, 4) is 11.5 Å². The second-order valence-corrected chi connectivity index (χ2v) is 11.7. The molecule has 3 aliphatic heterocycles. The third-order valence-corrected chi connectivity index (χ3v) is 8.62. The van der Waals surface area contributed by atoms with E-state index < -0.39 is 41.2 Å². The van der Waals surface area contributed by atoms with Crippen LogP contribution in [0, 0.1) is 0 Å². The van der Waals surface area contributed by atoms with Crippen LogP contribution >= 0.6 is 12.4 Å². The van der Waals surface area contributed by atoms with Gasteiger partial charge in [0.25, 0.3) is 0 Å². The first kappa shape index (κ1) is 30.4. The summed E-state index contributed by atoms with van der Waals surface area (Å²) in [5.74, 6) is -0.0645. The number of esters is 2. The number of carbonyl (C=O) groups excluding carboxylic acids is 2. The van der Waals surface area contributed by atoms with Crippen molar-refractivity contribution in [1.82, 2.24) is 4.90 Å². The molecule has 5 rings (SSSR count). The van der Waals surface area contributed by atoms with Gasteiger partial charge in [0.1, 0.15) is 5.76 Å². The van der Waals surface area contributed by atoms with Gasteiger partial charge in [-0.2, -0.15) is 0 Å². The van der Waals surface area contributed by atoms with Gasteiger partial charge < -0.3 is 33.9 Å². The molecule has 4 aliphatic rings. The van der Waals surface area contributed by atoms with E-state index in [1.54, 1.807) is 21.0 Å². The molecule has 0 saturated carbocycles. The normalized spacial score (nSPS) is 26.3. The molecule has 0 aromatic heterocycles. The summed E-state index contributed by atoms with van der Waals surface area (Å²) in [6.45, 7) is 5.21. The van der Waals surface area contributed by atoms with Crippen molar-refractivity contribution in [1.29, 1.82) is 0 Å². The van der Waals surface area contributed by atoms with Crippen LogP contribution in [0.2, 0.25) is 0 Å². The van der Waals surface area contributed by atoms with Crippen molar-refractivity contribution < 1.29 is 43.5 Å². The quantitative estimate of drug-likeness (QED) is 0.421. The number of fused-ring (bicyclic) bond motifs is 3. The molecule has 4 atom stereocenters. The van der Waals surface area contributed by atoms with Gasteiger partial charge in [0, 0.05) is 6.54 Å². The average molecular weight is 582 g/mol. The zero-order chi connectivity index (χ0) is 28.0. The number of aliphatic hydroxyl groups is 2. The maximum atomic E-state index is 13.8. The molecular weight excluding hydrogens is 542 g/mol. The summed E-state index contributed by atoms with van der Waals surface area (Å²) < 4.78 is 28.1. The van der Waals surface area contributed by atoms with E-state index in [-0.39, 0.29) is 31.5 Å². The molecule has 1 spiro atoms. The molecule has 222 valence electrons. The van der Waals surface area contributed by atoms with E-state index in [1.165, 1.54) is 7.11 Å². The maximum absolute atomic E-state index is 13.8. The molecule has 1 aromatic rings. The standard InChI is InChI=1S/C29H39NO9.ClH/c1-27(2,33)8-5-10-29(34,16-23(31)36-4)26(32)39-25-22(35-3)15-28-9-6-11-30(28)12-7-18-13-20-21(38-17-37-20)14-19(18)24(25)28;/h13-15,24-25,33-34H,5-12,16-17H2,1-4H3;1H/t24-,25+,28+,29?;/m0./s1. The first-order valence-corrected chi connectivity index (χ1v) is 13.7. The minimum Gasteiger partial charge on any atom is -0.497 e. The van der Waals surface area contributed by atoms with Crippen LogP contribution < -0.4 is 9.47 Å². The number of nitrogens with zero attached hydrogens (tertiary/aromatic N) is 1. The van der Waals surface area contributed by atoms with Crippen LogP contribution in [0.25, 0.3) is 0 Å². The number of hydrogen-bond acceptors (Lipinski definition) is 10. The molecule has 40 heavy (non-hydrogen) atoms. The third kappa shape index (κ3) is 5.51. The van der Waals surface area contributed by atoms with E-state index >= 15 is 0 Å². The van der Waals surface area contributed by atoms with Crippen molar-refractivity contribution in [2.75, 3.05) is 34.1 Å². The SMILES string of the molecule is COC(=O)CC(O)(CCCC(C)(C)O)C(=O)O[C@@H]1C(OC)=C[C@@]23CCCN2CCc2cc4c(cc2[C@@H]13)OCO4.Cl. The van der Waals surface area contributed by atoms with E-state index in [4.69, 9.17) is 23.7 Å². The average Bonchev–Trinajstić information content (AvgIpc) is 3.56. The summed E-state index contributed by atoms with van der Waals surface area (Å²) in [4.78, 5) is 28.4. The molecule has 0 radical (unpaired) electrons. The smallest absolute Gasteiger partial charge is 0.339 e. The molecule has 3 heterocycles. The van der Waals surface area contributed by atoms with Gasteiger partial charge in [-0.3, -0.25) is 9.69 Å². The highest BCUT2D eigenvalue weighted by atomic mass is 35.5. The van der Waals surface area contributed by atoms with Crippen LogP contribution in [-0.4, -0.2) is 84.0 Å². The van der Waals surface area contributed by atoms with Crippen LogP contribution in [0.1, 0.15) is 69.4 Å². The van der Waals surface area contributed by atoms with Crippen LogP contribution in [0.4, 0.5) is 0 Å². The minimum atomic E-state index is -2.12. The molecule has 1 saturated heterocycles. The van der Waals surface area contributed by atoms with E-state index in [9.17, 15) is 19.8 Å². The molecule has 11 heteroatoms. The van der Waals surface area contributed by atoms with Crippen molar-refractivity contribution in [3.05, 3.63) is 35.1 Å². The summed E-state index contributed by atoms with van der Waals surface area (Å²) in [6, 6.07) is 4.00. The number of methoxy groups -OCH3 is 2. The second-order valence-electron chi connectivity index (χ2n) is 11.7. The van der Waals surface area contributed by atoms with Crippen molar-refractivity contribution in [2.24, 2.45) is 0 Å². The highest BCUT2D eigenvalue weighted by Gasteiger charge is 2.59. The molecular formula is C29H40ClNO9. The Morgan fingerprint density at radius 2 is 1.85 bits per heavy atom. The second kappa shape index (κ2) is 11.4. The van der Waals surface area contributed by atoms with Crippen LogP contribution in [0.5, 0.6) is 11.5 Å². The Labute approximate surface area is 241 Å². The maximum Gasteiger partial charge on any atom is 0.339 e. The van der Waals surface area contributed by atoms with Crippen LogP contribution in [0.3, 0.4) is 0 Å². The van der Waals surface area contributed by atoms with Crippen molar-refractivity contribution >= 4 is 24.3 Å². The zero-order valence-electron chi connectivity index (χ0n) is 23.6. The van der Waals surface area contributed by atoms with E-state index in [0.717, 1.165) is 43.5 Å². The Bertz CT molecular complexity index is 1160. The minimum absolute atomic E-state index is 0. The van der Waals surface area contributed by atoms with Gasteiger partial charge >= 0.3 is 11.9 Å². The predicted octanol–water partition coefficient (Wildman–Crippen LogP) is 3.00. The number of carbonyl (C=O) groups is 2. The van der Waals surface area contributed by atoms with Crippen molar-refractivity contribution in [3.63, 3.8) is 0 Å². The Morgan fingerprint density at radius 1 is 1.12 bits per heavy atom. The lowest BCUT2D eigenvalue weighted by atomic mass is 9.77. The summed E-state index contributed by atoms with van der Waals surface area (Å²) in [5, 5.41) is 21.6. The Hall–Kier alpha value is -2.53. The molecule has 1 unspecified atom stereocenters. The largest absolute Gasteiger partial charge is 0.497 e. The summed E-state index contributed by atoms with van der Waals surface area (Å²) in [5.41, 5.74) is -1.42. The van der Waals surface area contributed by atoms with Gasteiger partial charge in [0.15, 0.2) is 23.2 Å². The lowest BCUT2D eigenvalue weighted by Gasteiger charge is -2.39. The fraction of sp³-hybridized carbons (Fsp3) is 0.655. The number of benzene rings is 1. The molecule has 1 aliphatic carbocycles. The first-order chi connectivity index (χ1) is 18.5. The highest BCUT2D eigenvalue weighted by molar-refractivity contribution is 5.86. The Balaban J connectivity index is 0.00000370. The number of halogens is 1. The summed E-state index contributed by atoms with van der Waals surface area (Å²) >= 11 is 0. The first-order valence-electron chi connectivity index (χ1n) is 13.7. The molecule has 1 fully saturated rings. The van der Waals surface area contributed by atoms with E-state index in [0.29, 0.717) is 30.1 Å². The molecule has 2 N–H and O–H groups in total. The van der Waals surface area contributed by atoms with Gasteiger partial charge in [-0.1, -0.05) is 0 Å². The van der Waals surface area contributed by atoms with Gasteiger partial charge in [-0.15, -0.1) is 12.4 Å². The summed E-state index contributed by atoms with van der Waals surface area (Å²) in [6.07, 6.45) is 3.94. The van der Waals surface area contributed by atoms with Gasteiger partial charge in [0.2, 0.25) is 6.79 Å². The van der Waals surface area contributed by atoms with Gasteiger partial charge in [-0.05, 0) is 88.3 Å². The Morgan fingerprint density at radius 3 is 2.52 bits per heavy atom. The van der Waals surface area contributed by atoms with Gasteiger partial charge in [-0.25, -0.2) is 4.79 Å². The number of rotatable bonds is 9. The third-order valence-electron chi connectivity index (χ3n) is 8.62. The number of ether oxygens (including phenoxy) is 5. The summed E-state index contributed by atoms with van der Waals surface area (Å²) in [7, 11) is 2.76. The van der Waals surface area contributed by atoms with Crippen molar-refractivity contribution in [2.45, 2.75) is 87.6 Å². The number of hydrogen-bond donors (Lipinski definition) is 2. The highest BCUT2D eigenvalue weighted by Crippen LogP contribution is 2.55. The molecule has 10 nitrogen and oxygen atoms in total. The van der Waals surface area contributed by atoms with Crippen LogP contribution in [0.15, 0.2) is 24.0 Å². The predicted molar refractivity (Wildman–Crippen MR) is 146 cm³/mol. The zero-order valence-corrected chi connectivity index (χ0v) is 24.4. The van der Waals surface area contributed by atoms with E-state index in [2.05, 4.69) is 11.0 Å². The topological polar surface area (TPSA) is 124 Å². The lowest BCUT2D eigenvalue weighted by molar-refractivity contribution is -0.178. The fourth-order valence-electron chi connectivity index (χ4n) is 6.71. The molecule has 0 bridgehead atoms. The molecule has 0 amide bonds. The molecule has 1 aromatic carbocycles. The van der Waals surface area contributed by atoms with Gasteiger partial charge in [0.05, 0.1) is 37.7 Å². The monoisotopic (exact) mass is 581 g/mol. The Kier molecular flexibility index (Phi) is 8.66. The van der Waals surface area contributed by atoms with E-state index in [1.807, 2.05) is 12.1 Å².